The molecule has 0 aliphatic heterocycles. The SMILES string of the molecule is CN(C)CCOCCN(C)C.O=CO.O=CO. The molecule has 0 rings (SSSR count). The monoisotopic (exact) mass is 252 g/mol. The molecule has 0 unspecified atom stereocenters. The lowest BCUT2D eigenvalue weighted by molar-refractivity contribution is -0.123. The van der Waals surface area contributed by atoms with Crippen LogP contribution >= 0.6 is 0 Å². The molecule has 2 N–H and O–H groups in total. The van der Waals surface area contributed by atoms with Crippen LogP contribution in [0.1, 0.15) is 0 Å². The molecule has 0 aromatic carbocycles. The van der Waals surface area contributed by atoms with Gasteiger partial charge in [0.25, 0.3) is 12.9 Å². The van der Waals surface area contributed by atoms with Crippen LogP contribution in [0.3, 0.4) is 0 Å². The molecule has 0 aliphatic carbocycles. The molecule has 0 bridgehead atoms. The Kier molecular flexibility index (Phi) is 25.2. The number of carbonyl (C=O) groups is 2. The van der Waals surface area contributed by atoms with E-state index in [9.17, 15) is 0 Å². The van der Waals surface area contributed by atoms with Gasteiger partial charge in [0.2, 0.25) is 0 Å². The largest absolute Gasteiger partial charge is 0.483 e. The van der Waals surface area contributed by atoms with Gasteiger partial charge in [-0.25, -0.2) is 0 Å². The minimum Gasteiger partial charge on any atom is -0.483 e. The third-order valence-electron chi connectivity index (χ3n) is 1.37. The average molecular weight is 252 g/mol. The Morgan fingerprint density at radius 3 is 1.29 bits per heavy atom. The number of carboxylic acid groups (broad SMARTS) is 2. The second-order valence-corrected chi connectivity index (χ2v) is 3.43. The van der Waals surface area contributed by atoms with Crippen molar-refractivity contribution < 1.29 is 24.5 Å². The highest BCUT2D eigenvalue weighted by molar-refractivity contribution is 5.32. The Balaban J connectivity index is -0.000000273. The van der Waals surface area contributed by atoms with E-state index in [1.165, 1.54) is 0 Å². The molecule has 7 nitrogen and oxygen atoms in total. The lowest BCUT2D eigenvalue weighted by atomic mass is 10.6. The summed E-state index contributed by atoms with van der Waals surface area (Å²) in [4.78, 5) is 21.0. The molecule has 0 fully saturated rings. The molecule has 17 heavy (non-hydrogen) atoms. The Morgan fingerprint density at radius 1 is 0.882 bits per heavy atom. The maximum atomic E-state index is 8.36. The molecule has 0 aromatic rings. The first-order valence-electron chi connectivity index (χ1n) is 4.99. The fourth-order valence-corrected chi connectivity index (χ4v) is 0.596. The molecular formula is C10H24N2O5. The maximum Gasteiger partial charge on any atom is 0.290 e. The summed E-state index contributed by atoms with van der Waals surface area (Å²) in [6.07, 6.45) is 0. The van der Waals surface area contributed by atoms with Gasteiger partial charge in [-0.3, -0.25) is 9.59 Å². The van der Waals surface area contributed by atoms with E-state index in [2.05, 4.69) is 38.0 Å². The minimum absolute atomic E-state index is 0.250. The van der Waals surface area contributed by atoms with Crippen molar-refractivity contribution in [3.8, 4) is 0 Å². The fourth-order valence-electron chi connectivity index (χ4n) is 0.596. The number of rotatable bonds is 6. The van der Waals surface area contributed by atoms with Crippen LogP contribution in [-0.2, 0) is 14.3 Å². The predicted octanol–water partition coefficient (Wildman–Crippen LogP) is -0.472. The zero-order valence-corrected chi connectivity index (χ0v) is 11.0. The lowest BCUT2D eigenvalue weighted by Gasteiger charge is -2.12. The van der Waals surface area contributed by atoms with E-state index in [1.54, 1.807) is 0 Å². The van der Waals surface area contributed by atoms with Crippen LogP contribution in [0.2, 0.25) is 0 Å². The maximum absolute atomic E-state index is 8.36. The first-order chi connectivity index (χ1) is 7.95. The lowest BCUT2D eigenvalue weighted by Crippen LogP contribution is -2.22. The van der Waals surface area contributed by atoms with E-state index in [0.29, 0.717) is 0 Å². The highest BCUT2D eigenvalue weighted by atomic mass is 16.5. The predicted molar refractivity (Wildman–Crippen MR) is 65.3 cm³/mol. The first-order valence-corrected chi connectivity index (χ1v) is 4.99. The molecule has 104 valence electrons. The van der Waals surface area contributed by atoms with Gasteiger partial charge in [0.05, 0.1) is 13.2 Å². The molecule has 0 aliphatic rings. The van der Waals surface area contributed by atoms with Crippen LogP contribution in [0.25, 0.3) is 0 Å². The number of likely N-dealkylation sites (N-methyl/N-ethyl adjacent to an activating group) is 2. The second-order valence-electron chi connectivity index (χ2n) is 3.43. The number of nitrogens with zero attached hydrogens (tertiary/aromatic N) is 2. The quantitative estimate of drug-likeness (QED) is 0.487. The first kappa shape index (κ1) is 21.1. The van der Waals surface area contributed by atoms with Crippen molar-refractivity contribution in [1.29, 1.82) is 0 Å². The van der Waals surface area contributed by atoms with E-state index >= 15 is 0 Å². The molecule has 0 aromatic heterocycles. The summed E-state index contributed by atoms with van der Waals surface area (Å²) in [5, 5.41) is 13.8. The van der Waals surface area contributed by atoms with Crippen LogP contribution in [0.15, 0.2) is 0 Å². The van der Waals surface area contributed by atoms with Crippen molar-refractivity contribution in [2.24, 2.45) is 0 Å². The van der Waals surface area contributed by atoms with E-state index in [4.69, 9.17) is 24.5 Å². The Morgan fingerprint density at radius 2 is 1.12 bits per heavy atom. The molecule has 0 amide bonds. The average Bonchev–Trinajstić information content (AvgIpc) is 2.18. The summed E-state index contributed by atoms with van der Waals surface area (Å²) in [6, 6.07) is 0. The molecule has 0 spiro atoms. The topological polar surface area (TPSA) is 90.3 Å². The van der Waals surface area contributed by atoms with Crippen molar-refractivity contribution in [1.82, 2.24) is 9.80 Å². The van der Waals surface area contributed by atoms with Crippen LogP contribution in [0.5, 0.6) is 0 Å². The van der Waals surface area contributed by atoms with Gasteiger partial charge in [-0.2, -0.15) is 0 Å². The molecule has 0 saturated carbocycles. The fraction of sp³-hybridized carbons (Fsp3) is 0.800. The van der Waals surface area contributed by atoms with Crippen molar-refractivity contribution >= 4 is 12.9 Å². The van der Waals surface area contributed by atoms with Crippen molar-refractivity contribution in [2.75, 3.05) is 54.5 Å². The third kappa shape index (κ3) is 52.4. The molecule has 7 heteroatoms. The summed E-state index contributed by atoms with van der Waals surface area (Å²) in [7, 11) is 8.20. The van der Waals surface area contributed by atoms with Gasteiger partial charge in [-0.15, -0.1) is 0 Å². The summed E-state index contributed by atoms with van der Waals surface area (Å²) < 4.78 is 5.37. The Hall–Kier alpha value is -1.18. The Bertz CT molecular complexity index is 138. The second kappa shape index (κ2) is 20.3. The van der Waals surface area contributed by atoms with Crippen molar-refractivity contribution in [3.05, 3.63) is 0 Å². The number of ether oxygens (including phenoxy) is 1. The zero-order valence-electron chi connectivity index (χ0n) is 11.0. The van der Waals surface area contributed by atoms with E-state index in [0.717, 1.165) is 26.3 Å². The molecule has 0 heterocycles. The van der Waals surface area contributed by atoms with E-state index in [-0.39, 0.29) is 12.9 Å². The molecule has 0 atom stereocenters. The number of hydrogen-bond acceptors (Lipinski definition) is 5. The van der Waals surface area contributed by atoms with Crippen molar-refractivity contribution in [2.45, 2.75) is 0 Å². The summed E-state index contributed by atoms with van der Waals surface area (Å²) in [5.41, 5.74) is 0. The van der Waals surface area contributed by atoms with Gasteiger partial charge in [0.15, 0.2) is 0 Å². The third-order valence-corrected chi connectivity index (χ3v) is 1.37. The normalized spacial score (nSPS) is 8.82. The van der Waals surface area contributed by atoms with Crippen LogP contribution < -0.4 is 0 Å². The number of hydrogen-bond donors (Lipinski definition) is 2. The summed E-state index contributed by atoms with van der Waals surface area (Å²) in [5.74, 6) is 0. The van der Waals surface area contributed by atoms with Gasteiger partial charge >= 0.3 is 0 Å². The van der Waals surface area contributed by atoms with Gasteiger partial charge in [-0.1, -0.05) is 0 Å². The summed E-state index contributed by atoms with van der Waals surface area (Å²) in [6.45, 7) is 3.18. The minimum atomic E-state index is -0.250. The zero-order chi connectivity index (χ0) is 14.1. The summed E-state index contributed by atoms with van der Waals surface area (Å²) >= 11 is 0. The van der Waals surface area contributed by atoms with E-state index in [1.807, 2.05) is 0 Å². The molecule has 0 radical (unpaired) electrons. The van der Waals surface area contributed by atoms with E-state index < -0.39 is 0 Å². The van der Waals surface area contributed by atoms with Crippen LogP contribution in [0.4, 0.5) is 0 Å². The highest BCUT2D eigenvalue weighted by Gasteiger charge is 1.91. The highest BCUT2D eigenvalue weighted by Crippen LogP contribution is 1.80. The molecular weight excluding hydrogens is 228 g/mol. The van der Waals surface area contributed by atoms with Crippen LogP contribution in [-0.4, -0.2) is 87.5 Å². The molecule has 0 saturated heterocycles. The van der Waals surface area contributed by atoms with Gasteiger partial charge in [-0.05, 0) is 28.2 Å². The Labute approximate surface area is 103 Å². The standard InChI is InChI=1S/C8H20N2O.2CH2O2/c1-9(2)5-7-11-8-6-10(3)4;2*2-1-3/h5-8H2,1-4H3;2*1H,(H,2,3). The van der Waals surface area contributed by atoms with Gasteiger partial charge < -0.3 is 24.7 Å². The van der Waals surface area contributed by atoms with Crippen molar-refractivity contribution in [3.63, 3.8) is 0 Å². The van der Waals surface area contributed by atoms with Gasteiger partial charge in [0, 0.05) is 13.1 Å². The smallest absolute Gasteiger partial charge is 0.290 e. The van der Waals surface area contributed by atoms with Gasteiger partial charge in [0.1, 0.15) is 0 Å². The van der Waals surface area contributed by atoms with Crippen LogP contribution in [0, 0.1) is 0 Å².